The number of carbonyl (C=O) groups is 2. The Morgan fingerprint density at radius 3 is 2.16 bits per heavy atom. The molecule has 3 aromatic rings. The molecular formula is C35H48N6O2. The number of anilines is 2. The lowest BCUT2D eigenvalue weighted by molar-refractivity contribution is -0.129. The van der Waals surface area contributed by atoms with E-state index < -0.39 is 6.04 Å². The Hall–Kier alpha value is -4.48. The van der Waals surface area contributed by atoms with Crippen LogP contribution in [0.1, 0.15) is 64.3 Å². The van der Waals surface area contributed by atoms with E-state index in [0.717, 1.165) is 29.8 Å². The van der Waals surface area contributed by atoms with Gasteiger partial charge in [0, 0.05) is 26.7 Å². The van der Waals surface area contributed by atoms with E-state index in [1.54, 1.807) is 36.3 Å². The average molecular weight is 585 g/mol. The number of allylic oxidation sites excluding steroid dienone is 2. The monoisotopic (exact) mass is 584 g/mol. The summed E-state index contributed by atoms with van der Waals surface area (Å²) in [5, 5.41) is 15.2. The van der Waals surface area contributed by atoms with Gasteiger partial charge in [0.1, 0.15) is 11.9 Å². The fraction of sp³-hybridized carbons (Fsp3) is 0.371. The van der Waals surface area contributed by atoms with Crippen molar-refractivity contribution in [2.24, 2.45) is 0 Å². The van der Waals surface area contributed by atoms with Crippen LogP contribution >= 0.6 is 0 Å². The number of likely N-dealkylation sites (N-methyl/N-ethyl adjacent to an activating group) is 1. The van der Waals surface area contributed by atoms with Gasteiger partial charge in [0.15, 0.2) is 0 Å². The maximum Gasteiger partial charge on any atom is 0.247 e. The van der Waals surface area contributed by atoms with Crippen molar-refractivity contribution in [3.05, 3.63) is 102 Å². The van der Waals surface area contributed by atoms with Gasteiger partial charge in [0.05, 0.1) is 30.1 Å². The van der Waals surface area contributed by atoms with Crippen LogP contribution in [0.2, 0.25) is 0 Å². The zero-order chi connectivity index (χ0) is 32.0. The number of nitrogens with one attached hydrogen (secondary N) is 2. The number of nitrogens with zero attached hydrogens (tertiary/aromatic N) is 4. The first-order valence-electron chi connectivity index (χ1n) is 15.1. The summed E-state index contributed by atoms with van der Waals surface area (Å²) >= 11 is 0. The molecule has 230 valence electrons. The Bertz CT molecular complexity index is 1260. The third kappa shape index (κ3) is 12.5. The molecule has 43 heavy (non-hydrogen) atoms. The summed E-state index contributed by atoms with van der Waals surface area (Å²) in [6.07, 6.45) is 6.41. The number of carbonyl (C=O) groups excluding carboxylic acids is 2. The number of hydrogen-bond donors (Lipinski definition) is 2. The van der Waals surface area contributed by atoms with E-state index in [2.05, 4.69) is 21.7 Å². The number of rotatable bonds is 8. The topological polar surface area (TPSA) is 101 Å². The van der Waals surface area contributed by atoms with E-state index in [9.17, 15) is 9.59 Å². The number of benzene rings is 2. The van der Waals surface area contributed by atoms with E-state index in [4.69, 9.17) is 5.26 Å². The van der Waals surface area contributed by atoms with Crippen LogP contribution in [0, 0.1) is 11.3 Å². The predicted octanol–water partition coefficient (Wildman–Crippen LogP) is 6.38. The number of aromatic nitrogens is 1. The van der Waals surface area contributed by atoms with E-state index in [1.807, 2.05) is 107 Å². The molecule has 1 atom stereocenters. The fourth-order valence-electron chi connectivity index (χ4n) is 3.94. The molecule has 8 heteroatoms. The van der Waals surface area contributed by atoms with Crippen molar-refractivity contribution >= 4 is 23.3 Å². The van der Waals surface area contributed by atoms with Crippen LogP contribution in [0.3, 0.4) is 0 Å². The lowest BCUT2D eigenvalue weighted by atomic mass is 10.1. The number of amides is 2. The summed E-state index contributed by atoms with van der Waals surface area (Å²) in [5.41, 5.74) is 3.42. The minimum Gasteiger partial charge on any atom is -0.359 e. The third-order valence-corrected chi connectivity index (χ3v) is 6.40. The van der Waals surface area contributed by atoms with Gasteiger partial charge in [-0.2, -0.15) is 5.26 Å². The van der Waals surface area contributed by atoms with Crippen LogP contribution < -0.4 is 15.5 Å². The van der Waals surface area contributed by atoms with Gasteiger partial charge in [0.2, 0.25) is 11.8 Å². The quantitative estimate of drug-likeness (QED) is 0.298. The molecule has 2 aromatic carbocycles. The number of nitriles is 1. The van der Waals surface area contributed by atoms with Gasteiger partial charge in [-0.1, -0.05) is 82.3 Å². The third-order valence-electron chi connectivity index (χ3n) is 6.40. The van der Waals surface area contributed by atoms with Crippen LogP contribution in [0.15, 0.2) is 85.1 Å². The lowest BCUT2D eigenvalue weighted by Crippen LogP contribution is -2.48. The van der Waals surface area contributed by atoms with E-state index >= 15 is 0 Å². The second-order valence-corrected chi connectivity index (χ2v) is 9.15. The van der Waals surface area contributed by atoms with Crippen LogP contribution in [-0.2, 0) is 16.0 Å². The fourth-order valence-corrected chi connectivity index (χ4v) is 3.94. The second kappa shape index (κ2) is 21.3. The highest BCUT2D eigenvalue weighted by Gasteiger charge is 2.23. The molecule has 0 radical (unpaired) electrons. The summed E-state index contributed by atoms with van der Waals surface area (Å²) in [6.45, 7) is 14.3. The molecule has 2 heterocycles. The van der Waals surface area contributed by atoms with Crippen molar-refractivity contribution in [2.75, 3.05) is 43.4 Å². The van der Waals surface area contributed by atoms with Gasteiger partial charge in [-0.05, 0) is 55.7 Å². The molecule has 0 spiro atoms. The maximum atomic E-state index is 13.2. The standard InChI is InChI=1S/C27H28N6O2.C4H8.2C2H6/c1-32-15-16-33(19-25(32)34)23-11-12-24(30-18-23)31-27(35)26(22-5-3-2-4-6-22)29-14-13-20-7-9-21(17-28)10-8-20;1-3-4-2;2*1-2/h2-12,18,26,29H,13-16,19H2,1H3,(H,30,31,35);3-4H,1-2H3;2*1-2H3/b;4-3-;;. The largest absolute Gasteiger partial charge is 0.359 e. The van der Waals surface area contributed by atoms with Crippen molar-refractivity contribution in [3.63, 3.8) is 0 Å². The first kappa shape index (κ1) is 36.5. The average Bonchev–Trinajstić information content (AvgIpc) is 3.07. The van der Waals surface area contributed by atoms with Crippen LogP contribution in [-0.4, -0.2) is 54.9 Å². The number of piperazine rings is 1. The molecule has 1 aliphatic heterocycles. The van der Waals surface area contributed by atoms with Crippen molar-refractivity contribution in [2.45, 2.75) is 54.0 Å². The van der Waals surface area contributed by atoms with Crippen LogP contribution in [0.5, 0.6) is 0 Å². The molecule has 8 nitrogen and oxygen atoms in total. The van der Waals surface area contributed by atoms with Crippen molar-refractivity contribution in [1.29, 1.82) is 5.26 Å². The number of pyridine rings is 1. The van der Waals surface area contributed by atoms with E-state index in [1.165, 1.54) is 0 Å². The molecular weight excluding hydrogens is 536 g/mol. The second-order valence-electron chi connectivity index (χ2n) is 9.15. The smallest absolute Gasteiger partial charge is 0.247 e. The molecule has 1 unspecified atom stereocenters. The van der Waals surface area contributed by atoms with Crippen molar-refractivity contribution < 1.29 is 9.59 Å². The zero-order valence-electron chi connectivity index (χ0n) is 26.8. The summed E-state index contributed by atoms with van der Waals surface area (Å²) in [4.78, 5) is 33.3. The van der Waals surface area contributed by atoms with Gasteiger partial charge < -0.3 is 20.4 Å². The first-order chi connectivity index (χ1) is 20.9. The molecule has 4 rings (SSSR count). The van der Waals surface area contributed by atoms with Crippen molar-refractivity contribution in [1.82, 2.24) is 15.2 Å². The SMILES string of the molecule is C/C=C\C.CC.CC.CN1CCN(c2ccc(NC(=O)C(NCCc3ccc(C#N)cc3)c3ccccc3)nc2)CC1=O. The maximum absolute atomic E-state index is 13.2. The Labute approximate surface area is 258 Å². The minimum atomic E-state index is -0.550. The minimum absolute atomic E-state index is 0.0754. The molecule has 2 N–H and O–H groups in total. The molecule has 1 aliphatic rings. The summed E-state index contributed by atoms with van der Waals surface area (Å²) in [5.74, 6) is 0.325. The van der Waals surface area contributed by atoms with Gasteiger partial charge in [-0.15, -0.1) is 0 Å². The van der Waals surface area contributed by atoms with Gasteiger partial charge in [0.25, 0.3) is 0 Å². The molecule has 1 fully saturated rings. The van der Waals surface area contributed by atoms with Crippen molar-refractivity contribution in [3.8, 4) is 6.07 Å². The predicted molar refractivity (Wildman–Crippen MR) is 178 cm³/mol. The Morgan fingerprint density at radius 1 is 0.977 bits per heavy atom. The van der Waals surface area contributed by atoms with Crippen LogP contribution in [0.25, 0.3) is 0 Å². The molecule has 1 saturated heterocycles. The molecule has 0 bridgehead atoms. The molecule has 2 amide bonds. The van der Waals surface area contributed by atoms with E-state index in [0.29, 0.717) is 31.0 Å². The Morgan fingerprint density at radius 2 is 1.63 bits per heavy atom. The highest BCUT2D eigenvalue weighted by atomic mass is 16.2. The van der Waals surface area contributed by atoms with Gasteiger partial charge >= 0.3 is 0 Å². The summed E-state index contributed by atoms with van der Waals surface area (Å²) in [6, 6.07) is 22.2. The summed E-state index contributed by atoms with van der Waals surface area (Å²) < 4.78 is 0. The summed E-state index contributed by atoms with van der Waals surface area (Å²) in [7, 11) is 1.80. The Kier molecular flexibility index (Phi) is 18.1. The highest BCUT2D eigenvalue weighted by Crippen LogP contribution is 2.19. The van der Waals surface area contributed by atoms with Gasteiger partial charge in [-0.25, -0.2) is 4.98 Å². The first-order valence-corrected chi connectivity index (χ1v) is 15.1. The molecule has 0 saturated carbocycles. The van der Waals surface area contributed by atoms with Gasteiger partial charge in [-0.3, -0.25) is 9.59 Å². The number of hydrogen-bond acceptors (Lipinski definition) is 6. The van der Waals surface area contributed by atoms with E-state index in [-0.39, 0.29) is 11.8 Å². The zero-order valence-corrected chi connectivity index (χ0v) is 26.8. The molecule has 0 aliphatic carbocycles. The van der Waals surface area contributed by atoms with Crippen LogP contribution in [0.4, 0.5) is 11.5 Å². The normalized spacial score (nSPS) is 12.8. The lowest BCUT2D eigenvalue weighted by Gasteiger charge is -2.33. The Balaban J connectivity index is 0.00000105. The highest BCUT2D eigenvalue weighted by molar-refractivity contribution is 5.95. The molecule has 1 aromatic heterocycles.